The SMILES string of the molecule is CCSCCC(Nc1ccc(S(N)(=O)=O)cc1[N+](=O)[O-])C(=O)O. The van der Waals surface area contributed by atoms with E-state index in [4.69, 9.17) is 5.14 Å². The van der Waals surface area contributed by atoms with Crippen LogP contribution >= 0.6 is 11.8 Å². The molecule has 0 saturated carbocycles. The van der Waals surface area contributed by atoms with E-state index in [9.17, 15) is 28.4 Å². The van der Waals surface area contributed by atoms with Crippen LogP contribution in [0.4, 0.5) is 11.4 Å². The lowest BCUT2D eigenvalue weighted by Gasteiger charge is -2.15. The van der Waals surface area contributed by atoms with Gasteiger partial charge < -0.3 is 10.4 Å². The number of nitrogens with one attached hydrogen (secondary N) is 1. The number of nitrogens with zero attached hydrogens (tertiary/aromatic N) is 1. The third kappa shape index (κ3) is 5.69. The predicted molar refractivity (Wildman–Crippen MR) is 87.1 cm³/mol. The monoisotopic (exact) mass is 363 g/mol. The van der Waals surface area contributed by atoms with Gasteiger partial charge in [0.2, 0.25) is 10.0 Å². The first-order chi connectivity index (χ1) is 10.7. The fraction of sp³-hybridized carbons (Fsp3) is 0.417. The van der Waals surface area contributed by atoms with E-state index in [1.807, 2.05) is 6.92 Å². The van der Waals surface area contributed by atoms with Crippen LogP contribution < -0.4 is 10.5 Å². The quantitative estimate of drug-likeness (QED) is 0.336. The number of nitro groups is 1. The van der Waals surface area contributed by atoms with Gasteiger partial charge in [-0.15, -0.1) is 0 Å². The maximum absolute atomic E-state index is 11.3. The summed E-state index contributed by atoms with van der Waals surface area (Å²) in [4.78, 5) is 21.1. The van der Waals surface area contributed by atoms with Crippen LogP contribution in [0.3, 0.4) is 0 Å². The minimum absolute atomic E-state index is 0.0729. The van der Waals surface area contributed by atoms with Crippen LogP contribution in [0.15, 0.2) is 23.1 Å². The van der Waals surface area contributed by atoms with Gasteiger partial charge >= 0.3 is 5.97 Å². The number of rotatable bonds is 9. The van der Waals surface area contributed by atoms with Crippen molar-refractivity contribution in [3.63, 3.8) is 0 Å². The zero-order valence-corrected chi connectivity index (χ0v) is 13.9. The minimum atomic E-state index is -4.09. The Balaban J connectivity index is 3.10. The van der Waals surface area contributed by atoms with Crippen molar-refractivity contribution >= 4 is 39.1 Å². The highest BCUT2D eigenvalue weighted by Gasteiger charge is 2.24. The molecule has 0 saturated heterocycles. The Morgan fingerprint density at radius 2 is 2.17 bits per heavy atom. The molecule has 1 aromatic rings. The van der Waals surface area contributed by atoms with Crippen molar-refractivity contribution in [2.75, 3.05) is 16.8 Å². The summed E-state index contributed by atoms with van der Waals surface area (Å²) in [6.07, 6.45) is 0.266. The number of thioether (sulfide) groups is 1. The molecule has 1 rings (SSSR count). The molecule has 0 bridgehead atoms. The van der Waals surface area contributed by atoms with Gasteiger partial charge in [-0.2, -0.15) is 11.8 Å². The summed E-state index contributed by atoms with van der Waals surface area (Å²) in [6.45, 7) is 1.94. The number of hydrogen-bond donors (Lipinski definition) is 3. The van der Waals surface area contributed by atoms with E-state index >= 15 is 0 Å². The Hall–Kier alpha value is -1.85. The molecule has 128 valence electrons. The molecule has 1 aromatic carbocycles. The van der Waals surface area contributed by atoms with Gasteiger partial charge in [0.15, 0.2) is 0 Å². The minimum Gasteiger partial charge on any atom is -0.480 e. The summed E-state index contributed by atoms with van der Waals surface area (Å²) in [5.41, 5.74) is -0.623. The van der Waals surface area contributed by atoms with E-state index in [0.29, 0.717) is 5.75 Å². The lowest BCUT2D eigenvalue weighted by molar-refractivity contribution is -0.384. The fourth-order valence-electron chi connectivity index (χ4n) is 1.75. The lowest BCUT2D eigenvalue weighted by atomic mass is 10.2. The second-order valence-corrected chi connectivity index (χ2v) is 7.46. The van der Waals surface area contributed by atoms with Gasteiger partial charge in [0.1, 0.15) is 11.7 Å². The Kier molecular flexibility index (Phi) is 6.79. The zero-order valence-electron chi connectivity index (χ0n) is 12.3. The molecule has 0 spiro atoms. The molecular formula is C12H17N3O6S2. The van der Waals surface area contributed by atoms with Crippen molar-refractivity contribution in [2.45, 2.75) is 24.3 Å². The van der Waals surface area contributed by atoms with Gasteiger partial charge in [-0.25, -0.2) is 18.4 Å². The molecule has 0 radical (unpaired) electrons. The number of sulfonamides is 1. The van der Waals surface area contributed by atoms with Gasteiger partial charge in [-0.05, 0) is 30.1 Å². The van der Waals surface area contributed by atoms with E-state index in [1.54, 1.807) is 11.8 Å². The lowest BCUT2D eigenvalue weighted by Crippen LogP contribution is -2.30. The largest absolute Gasteiger partial charge is 0.480 e. The third-order valence-corrected chi connectivity index (χ3v) is 4.72. The number of hydrogen-bond acceptors (Lipinski definition) is 7. The summed E-state index contributed by atoms with van der Waals surface area (Å²) in [7, 11) is -4.09. The standard InChI is InChI=1S/C12H17N3O6S2/c1-2-22-6-5-10(12(16)17)14-9-4-3-8(23(13,20)21)7-11(9)15(18)19/h3-4,7,10,14H,2,5-6H2,1H3,(H,16,17)(H2,13,20,21). The molecule has 0 aliphatic carbocycles. The number of carbonyl (C=O) groups is 1. The van der Waals surface area contributed by atoms with Crippen molar-refractivity contribution < 1.29 is 23.2 Å². The second kappa shape index (κ2) is 8.13. The van der Waals surface area contributed by atoms with E-state index in [-0.39, 0.29) is 12.1 Å². The first-order valence-electron chi connectivity index (χ1n) is 6.55. The van der Waals surface area contributed by atoms with Gasteiger partial charge in [0.05, 0.1) is 9.82 Å². The fourth-order valence-corrected chi connectivity index (χ4v) is 2.98. The number of carboxylic acid groups (broad SMARTS) is 1. The summed E-state index contributed by atoms with van der Waals surface area (Å²) in [6, 6.07) is 2.01. The Morgan fingerprint density at radius 1 is 1.52 bits per heavy atom. The molecule has 0 aliphatic heterocycles. The number of nitro benzene ring substituents is 1. The molecule has 9 nitrogen and oxygen atoms in total. The van der Waals surface area contributed by atoms with Gasteiger partial charge in [0.25, 0.3) is 5.69 Å². The molecule has 11 heteroatoms. The Labute approximate surface area is 137 Å². The molecule has 4 N–H and O–H groups in total. The van der Waals surface area contributed by atoms with Crippen LogP contribution in [-0.2, 0) is 14.8 Å². The average molecular weight is 363 g/mol. The van der Waals surface area contributed by atoms with E-state index in [2.05, 4.69) is 5.32 Å². The number of anilines is 1. The van der Waals surface area contributed by atoms with Crippen molar-refractivity contribution in [2.24, 2.45) is 5.14 Å². The van der Waals surface area contributed by atoms with E-state index in [0.717, 1.165) is 24.0 Å². The maximum atomic E-state index is 11.3. The van der Waals surface area contributed by atoms with Crippen LogP contribution in [0, 0.1) is 10.1 Å². The zero-order chi connectivity index (χ0) is 17.6. The van der Waals surface area contributed by atoms with Crippen molar-refractivity contribution in [3.05, 3.63) is 28.3 Å². The number of benzene rings is 1. The third-order valence-electron chi connectivity index (χ3n) is 2.88. The van der Waals surface area contributed by atoms with Gasteiger partial charge in [-0.1, -0.05) is 6.92 Å². The van der Waals surface area contributed by atoms with Crippen LogP contribution in [-0.4, -0.2) is 42.0 Å². The van der Waals surface area contributed by atoms with E-state index in [1.165, 1.54) is 0 Å². The van der Waals surface area contributed by atoms with Crippen LogP contribution in [0.2, 0.25) is 0 Å². The second-order valence-electron chi connectivity index (χ2n) is 4.50. The molecule has 1 atom stereocenters. The number of carboxylic acids is 1. The molecule has 1 unspecified atom stereocenters. The molecule has 0 aliphatic rings. The molecule has 0 heterocycles. The highest BCUT2D eigenvalue weighted by atomic mass is 32.2. The topological polar surface area (TPSA) is 153 Å². The van der Waals surface area contributed by atoms with Gasteiger partial charge in [-0.3, -0.25) is 10.1 Å². The Bertz CT molecular complexity index is 692. The van der Waals surface area contributed by atoms with Crippen LogP contribution in [0.5, 0.6) is 0 Å². The van der Waals surface area contributed by atoms with E-state index < -0.39 is 37.5 Å². The van der Waals surface area contributed by atoms with Crippen molar-refractivity contribution in [1.29, 1.82) is 0 Å². The first-order valence-corrected chi connectivity index (χ1v) is 9.25. The molecule has 0 aromatic heterocycles. The van der Waals surface area contributed by atoms with Crippen LogP contribution in [0.1, 0.15) is 13.3 Å². The molecule has 23 heavy (non-hydrogen) atoms. The number of primary sulfonamides is 1. The molecular weight excluding hydrogens is 346 g/mol. The predicted octanol–water partition coefficient (Wildman–Crippen LogP) is 1.25. The summed E-state index contributed by atoms with van der Waals surface area (Å²) >= 11 is 1.55. The molecule has 0 fully saturated rings. The van der Waals surface area contributed by atoms with Crippen LogP contribution in [0.25, 0.3) is 0 Å². The average Bonchev–Trinajstić information content (AvgIpc) is 2.45. The Morgan fingerprint density at radius 3 is 2.65 bits per heavy atom. The smallest absolute Gasteiger partial charge is 0.326 e. The number of nitrogens with two attached hydrogens (primary N) is 1. The van der Waals surface area contributed by atoms with Gasteiger partial charge in [0, 0.05) is 6.07 Å². The molecule has 0 amide bonds. The highest BCUT2D eigenvalue weighted by molar-refractivity contribution is 7.99. The maximum Gasteiger partial charge on any atom is 0.326 e. The summed E-state index contributed by atoms with van der Waals surface area (Å²) < 4.78 is 22.5. The van der Waals surface area contributed by atoms with Crippen molar-refractivity contribution in [3.8, 4) is 0 Å². The summed E-state index contributed by atoms with van der Waals surface area (Å²) in [5.74, 6) is 0.255. The summed E-state index contributed by atoms with van der Waals surface area (Å²) in [5, 5.41) is 27.8. The highest BCUT2D eigenvalue weighted by Crippen LogP contribution is 2.28. The first kappa shape index (κ1) is 19.2. The normalized spacial score (nSPS) is 12.6. The number of aliphatic carboxylic acids is 1. The van der Waals surface area contributed by atoms with Crippen molar-refractivity contribution in [1.82, 2.24) is 0 Å².